The minimum atomic E-state index is -3.56. The van der Waals surface area contributed by atoms with Crippen LogP contribution in [0.4, 0.5) is 5.69 Å². The molecule has 0 bridgehead atoms. The number of rotatable bonds is 5. The second-order valence-electron chi connectivity index (χ2n) is 3.73. The Bertz CT molecular complexity index is 542. The van der Waals surface area contributed by atoms with Crippen molar-refractivity contribution in [2.45, 2.75) is 13.3 Å². The Kier molecular flexibility index (Phi) is 5.15. The summed E-state index contributed by atoms with van der Waals surface area (Å²) >= 11 is 3.26. The zero-order valence-electron chi connectivity index (χ0n) is 10.1. The summed E-state index contributed by atoms with van der Waals surface area (Å²) in [6.07, 6.45) is -0.171. The highest BCUT2D eigenvalue weighted by molar-refractivity contribution is 9.10. The smallest absolute Gasteiger partial charge is 0.306 e. The van der Waals surface area contributed by atoms with E-state index in [2.05, 4.69) is 25.4 Å². The minimum Gasteiger partial charge on any atom is -0.469 e. The highest BCUT2D eigenvalue weighted by Gasteiger charge is 2.15. The van der Waals surface area contributed by atoms with Crippen LogP contribution < -0.4 is 4.72 Å². The standard InChI is InChI=1S/C11H14BrNO4S/c1-8-3-4-9(12)10(7-8)13-18(15,16)6-5-11(14)17-2/h3-4,7,13H,5-6H2,1-2H3. The molecule has 0 aliphatic heterocycles. The van der Waals surface area contributed by atoms with Gasteiger partial charge in [0, 0.05) is 4.47 Å². The summed E-state index contributed by atoms with van der Waals surface area (Å²) < 4.78 is 31.0. The molecule has 0 amide bonds. The molecule has 1 aromatic rings. The predicted octanol–water partition coefficient (Wildman–Crippen LogP) is 2.06. The molecule has 5 nitrogen and oxygen atoms in total. The third-order valence-electron chi connectivity index (χ3n) is 2.19. The summed E-state index contributed by atoms with van der Waals surface area (Å²) in [6, 6.07) is 5.32. The fourth-order valence-electron chi connectivity index (χ4n) is 1.26. The van der Waals surface area contributed by atoms with Gasteiger partial charge in [-0.2, -0.15) is 0 Å². The largest absolute Gasteiger partial charge is 0.469 e. The minimum absolute atomic E-state index is 0.171. The quantitative estimate of drug-likeness (QED) is 0.836. The number of benzene rings is 1. The van der Waals surface area contributed by atoms with Crippen LogP contribution in [0.15, 0.2) is 22.7 Å². The van der Waals surface area contributed by atoms with Crippen molar-refractivity contribution < 1.29 is 17.9 Å². The van der Waals surface area contributed by atoms with Gasteiger partial charge in [-0.05, 0) is 40.5 Å². The number of aryl methyl sites for hydroxylation is 1. The molecule has 100 valence electrons. The third kappa shape index (κ3) is 4.66. The average molecular weight is 336 g/mol. The number of carbonyl (C=O) groups is 1. The molecule has 0 fully saturated rings. The van der Waals surface area contributed by atoms with Crippen molar-refractivity contribution in [2.75, 3.05) is 17.6 Å². The van der Waals surface area contributed by atoms with Crippen molar-refractivity contribution >= 4 is 37.6 Å². The van der Waals surface area contributed by atoms with E-state index in [1.165, 1.54) is 7.11 Å². The summed E-state index contributed by atoms with van der Waals surface area (Å²) in [5.74, 6) is -0.858. The Morgan fingerprint density at radius 3 is 2.72 bits per heavy atom. The first kappa shape index (κ1) is 15.0. The first-order valence-electron chi connectivity index (χ1n) is 5.17. The van der Waals surface area contributed by atoms with Crippen LogP contribution in [0.3, 0.4) is 0 Å². The first-order valence-corrected chi connectivity index (χ1v) is 7.62. The second kappa shape index (κ2) is 6.19. The fraction of sp³-hybridized carbons (Fsp3) is 0.364. The highest BCUT2D eigenvalue weighted by atomic mass is 79.9. The zero-order valence-corrected chi connectivity index (χ0v) is 12.5. The van der Waals surface area contributed by atoms with Crippen LogP contribution in [0.25, 0.3) is 0 Å². The Morgan fingerprint density at radius 2 is 2.11 bits per heavy atom. The Balaban J connectivity index is 2.76. The van der Waals surface area contributed by atoms with Crippen LogP contribution in [0.1, 0.15) is 12.0 Å². The van der Waals surface area contributed by atoms with Gasteiger partial charge in [0.1, 0.15) is 0 Å². The molecule has 0 aromatic heterocycles. The van der Waals surface area contributed by atoms with Crippen molar-refractivity contribution in [2.24, 2.45) is 0 Å². The molecule has 1 aromatic carbocycles. The molecule has 0 aliphatic rings. The molecule has 0 atom stereocenters. The summed E-state index contributed by atoms with van der Waals surface area (Å²) in [4.78, 5) is 10.9. The van der Waals surface area contributed by atoms with Gasteiger partial charge in [0.05, 0.1) is 25.0 Å². The van der Waals surface area contributed by atoms with E-state index in [0.29, 0.717) is 10.2 Å². The Morgan fingerprint density at radius 1 is 1.44 bits per heavy atom. The zero-order chi connectivity index (χ0) is 13.8. The number of anilines is 1. The van der Waals surface area contributed by atoms with Crippen LogP contribution in [0, 0.1) is 6.92 Å². The monoisotopic (exact) mass is 335 g/mol. The van der Waals surface area contributed by atoms with E-state index in [4.69, 9.17) is 0 Å². The lowest BCUT2D eigenvalue weighted by atomic mass is 10.2. The van der Waals surface area contributed by atoms with Crippen LogP contribution in [-0.4, -0.2) is 27.2 Å². The number of esters is 1. The maximum absolute atomic E-state index is 11.7. The van der Waals surface area contributed by atoms with E-state index in [1.807, 2.05) is 13.0 Å². The van der Waals surface area contributed by atoms with Crippen molar-refractivity contribution in [3.63, 3.8) is 0 Å². The molecule has 0 saturated carbocycles. The second-order valence-corrected chi connectivity index (χ2v) is 6.43. The SMILES string of the molecule is COC(=O)CCS(=O)(=O)Nc1cc(C)ccc1Br. The number of methoxy groups -OCH3 is 1. The van der Waals surface area contributed by atoms with Crippen LogP contribution >= 0.6 is 15.9 Å². The van der Waals surface area contributed by atoms with Crippen molar-refractivity contribution in [3.8, 4) is 0 Å². The molecule has 18 heavy (non-hydrogen) atoms. The molecule has 0 heterocycles. The number of hydrogen-bond donors (Lipinski definition) is 1. The predicted molar refractivity (Wildman–Crippen MR) is 72.9 cm³/mol. The third-order valence-corrected chi connectivity index (χ3v) is 4.15. The van der Waals surface area contributed by atoms with E-state index in [-0.39, 0.29) is 12.2 Å². The highest BCUT2D eigenvalue weighted by Crippen LogP contribution is 2.24. The van der Waals surface area contributed by atoms with Crippen molar-refractivity contribution in [1.82, 2.24) is 0 Å². The number of sulfonamides is 1. The lowest BCUT2D eigenvalue weighted by Crippen LogP contribution is -2.19. The summed E-state index contributed by atoms with van der Waals surface area (Å²) in [7, 11) is -2.34. The molecule has 7 heteroatoms. The van der Waals surface area contributed by atoms with Crippen molar-refractivity contribution in [3.05, 3.63) is 28.2 Å². The number of nitrogens with one attached hydrogen (secondary N) is 1. The van der Waals surface area contributed by atoms with Gasteiger partial charge in [-0.25, -0.2) is 8.42 Å². The van der Waals surface area contributed by atoms with Gasteiger partial charge in [0.2, 0.25) is 10.0 Å². The van der Waals surface area contributed by atoms with Gasteiger partial charge in [-0.3, -0.25) is 9.52 Å². The number of halogens is 1. The molecule has 0 spiro atoms. The van der Waals surface area contributed by atoms with Gasteiger partial charge in [-0.1, -0.05) is 6.07 Å². The Labute approximate surface area is 115 Å². The maximum Gasteiger partial charge on any atom is 0.306 e. The summed E-state index contributed by atoms with van der Waals surface area (Å²) in [6.45, 7) is 1.86. The molecule has 0 aliphatic carbocycles. The molecule has 1 rings (SSSR count). The van der Waals surface area contributed by atoms with Crippen LogP contribution in [0.5, 0.6) is 0 Å². The van der Waals surface area contributed by atoms with E-state index >= 15 is 0 Å². The van der Waals surface area contributed by atoms with Crippen LogP contribution in [-0.2, 0) is 19.6 Å². The fourth-order valence-corrected chi connectivity index (χ4v) is 2.77. The maximum atomic E-state index is 11.7. The molecule has 0 unspecified atom stereocenters. The molecule has 0 radical (unpaired) electrons. The molecule has 1 N–H and O–H groups in total. The first-order chi connectivity index (χ1) is 8.34. The normalized spacial score (nSPS) is 11.1. The number of ether oxygens (including phenoxy) is 1. The van der Waals surface area contributed by atoms with Gasteiger partial charge >= 0.3 is 5.97 Å². The number of carbonyl (C=O) groups excluding carboxylic acids is 1. The van der Waals surface area contributed by atoms with E-state index in [0.717, 1.165) is 5.56 Å². The van der Waals surface area contributed by atoms with Gasteiger partial charge in [-0.15, -0.1) is 0 Å². The molecule has 0 saturated heterocycles. The number of hydrogen-bond acceptors (Lipinski definition) is 4. The average Bonchev–Trinajstić information content (AvgIpc) is 2.30. The molecular weight excluding hydrogens is 322 g/mol. The van der Waals surface area contributed by atoms with Gasteiger partial charge < -0.3 is 4.74 Å². The van der Waals surface area contributed by atoms with E-state index in [9.17, 15) is 13.2 Å². The summed E-state index contributed by atoms with van der Waals surface area (Å²) in [5.41, 5.74) is 1.39. The lowest BCUT2D eigenvalue weighted by Gasteiger charge is -2.10. The topological polar surface area (TPSA) is 72.5 Å². The van der Waals surface area contributed by atoms with E-state index < -0.39 is 16.0 Å². The Hall–Kier alpha value is -1.08. The summed E-state index contributed by atoms with van der Waals surface area (Å²) in [5, 5.41) is 0. The molecular formula is C11H14BrNO4S. The van der Waals surface area contributed by atoms with Gasteiger partial charge in [0.25, 0.3) is 0 Å². The lowest BCUT2D eigenvalue weighted by molar-refractivity contribution is -0.140. The van der Waals surface area contributed by atoms with Crippen LogP contribution in [0.2, 0.25) is 0 Å². The van der Waals surface area contributed by atoms with Crippen molar-refractivity contribution in [1.29, 1.82) is 0 Å². The van der Waals surface area contributed by atoms with E-state index in [1.54, 1.807) is 12.1 Å². The van der Waals surface area contributed by atoms with Gasteiger partial charge in [0.15, 0.2) is 0 Å².